The molecule has 5 rings (SSSR count). The second-order valence-electron chi connectivity index (χ2n) is 9.18. The van der Waals surface area contributed by atoms with E-state index in [0.29, 0.717) is 5.16 Å². The van der Waals surface area contributed by atoms with Gasteiger partial charge in [-0.15, -0.1) is 10.2 Å². The van der Waals surface area contributed by atoms with Crippen LogP contribution in [0.3, 0.4) is 0 Å². The standard InChI is InChI=1S/C32H30N4OS/c1-23(31(37)33-29(26-19-11-5-12-20-26)27-21-13-6-14-22-27)38-32-35-34-30(36(32)2)28(24-15-7-3-8-16-24)25-17-9-4-10-18-25/h3-23,28-29H,1-2H3,(H,33,37)/t23-/m1/s1. The Morgan fingerprint density at radius 1 is 0.684 bits per heavy atom. The van der Waals surface area contributed by atoms with Crippen LogP contribution in [0.15, 0.2) is 126 Å². The first kappa shape index (κ1) is 25.5. The van der Waals surface area contributed by atoms with Gasteiger partial charge >= 0.3 is 0 Å². The van der Waals surface area contributed by atoms with E-state index in [1.54, 1.807) is 0 Å². The number of hydrogen-bond acceptors (Lipinski definition) is 4. The molecule has 4 aromatic carbocycles. The summed E-state index contributed by atoms with van der Waals surface area (Å²) in [6.07, 6.45) is 0. The van der Waals surface area contributed by atoms with Crippen LogP contribution in [0.4, 0.5) is 0 Å². The molecule has 0 aliphatic heterocycles. The minimum Gasteiger partial charge on any atom is -0.344 e. The van der Waals surface area contributed by atoms with Crippen LogP contribution in [0.25, 0.3) is 0 Å². The van der Waals surface area contributed by atoms with Crippen LogP contribution in [0, 0.1) is 0 Å². The molecule has 1 aromatic heterocycles. The molecule has 0 bridgehead atoms. The summed E-state index contributed by atoms with van der Waals surface area (Å²) in [5, 5.41) is 12.7. The van der Waals surface area contributed by atoms with Crippen molar-refractivity contribution in [1.82, 2.24) is 20.1 Å². The van der Waals surface area contributed by atoms with Crippen molar-refractivity contribution in [3.63, 3.8) is 0 Å². The van der Waals surface area contributed by atoms with Crippen LogP contribution in [0.2, 0.25) is 0 Å². The fourth-order valence-corrected chi connectivity index (χ4v) is 5.41. The van der Waals surface area contributed by atoms with E-state index in [9.17, 15) is 4.79 Å². The molecule has 1 amide bonds. The van der Waals surface area contributed by atoms with E-state index in [1.807, 2.05) is 116 Å². The molecule has 1 heterocycles. The summed E-state index contributed by atoms with van der Waals surface area (Å²) in [6.45, 7) is 1.91. The van der Waals surface area contributed by atoms with Crippen LogP contribution in [-0.4, -0.2) is 25.9 Å². The molecular formula is C32H30N4OS. The molecule has 0 unspecified atom stereocenters. The molecular weight excluding hydrogens is 488 g/mol. The highest BCUT2D eigenvalue weighted by molar-refractivity contribution is 8.00. The van der Waals surface area contributed by atoms with Gasteiger partial charge in [0.15, 0.2) is 5.16 Å². The summed E-state index contributed by atoms with van der Waals surface area (Å²) in [4.78, 5) is 13.4. The normalized spacial score (nSPS) is 12.0. The fourth-order valence-electron chi connectivity index (χ4n) is 4.58. The van der Waals surface area contributed by atoms with E-state index < -0.39 is 0 Å². The van der Waals surface area contributed by atoms with Gasteiger partial charge in [-0.05, 0) is 29.2 Å². The number of thioether (sulfide) groups is 1. The van der Waals surface area contributed by atoms with Gasteiger partial charge in [-0.25, -0.2) is 0 Å². The molecule has 0 aliphatic carbocycles. The Balaban J connectivity index is 1.37. The van der Waals surface area contributed by atoms with Crippen molar-refractivity contribution in [3.8, 4) is 0 Å². The largest absolute Gasteiger partial charge is 0.344 e. The second kappa shape index (κ2) is 11.9. The van der Waals surface area contributed by atoms with E-state index in [4.69, 9.17) is 0 Å². The monoisotopic (exact) mass is 518 g/mol. The summed E-state index contributed by atoms with van der Waals surface area (Å²) in [7, 11) is 1.97. The number of hydrogen-bond donors (Lipinski definition) is 1. The van der Waals surface area contributed by atoms with Crippen LogP contribution < -0.4 is 5.32 Å². The van der Waals surface area contributed by atoms with Gasteiger partial charge < -0.3 is 9.88 Å². The Morgan fingerprint density at radius 2 is 1.11 bits per heavy atom. The van der Waals surface area contributed by atoms with E-state index in [2.05, 4.69) is 39.8 Å². The third-order valence-corrected chi connectivity index (χ3v) is 7.73. The molecule has 190 valence electrons. The number of nitrogens with zero attached hydrogens (tertiary/aromatic N) is 3. The number of carbonyl (C=O) groups is 1. The van der Waals surface area contributed by atoms with Crippen molar-refractivity contribution in [2.24, 2.45) is 7.05 Å². The highest BCUT2D eigenvalue weighted by atomic mass is 32.2. The maximum absolute atomic E-state index is 13.4. The average Bonchev–Trinajstić information content (AvgIpc) is 3.33. The Hall–Kier alpha value is -4.16. The number of rotatable bonds is 9. The first-order valence-corrected chi connectivity index (χ1v) is 13.6. The molecule has 0 spiro atoms. The first-order valence-electron chi connectivity index (χ1n) is 12.7. The van der Waals surface area contributed by atoms with Gasteiger partial charge in [-0.2, -0.15) is 0 Å². The highest BCUT2D eigenvalue weighted by Crippen LogP contribution is 2.33. The molecule has 5 nitrogen and oxygen atoms in total. The number of carbonyl (C=O) groups excluding carboxylic acids is 1. The maximum atomic E-state index is 13.4. The topological polar surface area (TPSA) is 59.8 Å². The Labute approximate surface area is 228 Å². The molecule has 5 aromatic rings. The summed E-state index contributed by atoms with van der Waals surface area (Å²) >= 11 is 1.42. The van der Waals surface area contributed by atoms with Crippen molar-refractivity contribution >= 4 is 17.7 Å². The summed E-state index contributed by atoms with van der Waals surface area (Å²) < 4.78 is 2.00. The van der Waals surface area contributed by atoms with Gasteiger partial charge in [-0.3, -0.25) is 4.79 Å². The van der Waals surface area contributed by atoms with E-state index in [0.717, 1.165) is 28.1 Å². The number of benzene rings is 4. The Morgan fingerprint density at radius 3 is 1.55 bits per heavy atom. The van der Waals surface area contributed by atoms with Gasteiger partial charge in [0.2, 0.25) is 5.91 Å². The summed E-state index contributed by atoms with van der Waals surface area (Å²) in [5.74, 6) is 0.720. The minimum absolute atomic E-state index is 0.0556. The van der Waals surface area contributed by atoms with Gasteiger partial charge in [0.05, 0.1) is 17.2 Å². The van der Waals surface area contributed by atoms with Crippen molar-refractivity contribution in [1.29, 1.82) is 0 Å². The molecule has 0 saturated heterocycles. The van der Waals surface area contributed by atoms with Crippen molar-refractivity contribution in [3.05, 3.63) is 149 Å². The molecule has 1 atom stereocenters. The molecule has 0 saturated carbocycles. The van der Waals surface area contributed by atoms with Gasteiger partial charge in [0, 0.05) is 7.05 Å². The van der Waals surface area contributed by atoms with Gasteiger partial charge in [0.25, 0.3) is 0 Å². The zero-order chi connectivity index (χ0) is 26.3. The number of amides is 1. The minimum atomic E-state index is -0.368. The second-order valence-corrected chi connectivity index (χ2v) is 10.5. The SMILES string of the molecule is C[C@@H](Sc1nnc(C(c2ccccc2)c2ccccc2)n1C)C(=O)NC(c1ccccc1)c1ccccc1. The van der Waals surface area contributed by atoms with Gasteiger partial charge in [-0.1, -0.05) is 133 Å². The Bertz CT molecular complexity index is 1380. The zero-order valence-electron chi connectivity index (χ0n) is 21.4. The molecule has 1 N–H and O–H groups in total. The lowest BCUT2D eigenvalue weighted by atomic mass is 9.90. The third-order valence-electron chi connectivity index (χ3n) is 6.60. The van der Waals surface area contributed by atoms with Crippen LogP contribution in [0.1, 0.15) is 47.0 Å². The smallest absolute Gasteiger partial charge is 0.234 e. The number of nitrogens with one attached hydrogen (secondary N) is 1. The fraction of sp³-hybridized carbons (Fsp3) is 0.156. The molecule has 38 heavy (non-hydrogen) atoms. The summed E-state index contributed by atoms with van der Waals surface area (Å²) in [5.41, 5.74) is 4.37. The summed E-state index contributed by atoms with van der Waals surface area (Å²) in [6, 6.07) is 40.5. The lowest BCUT2D eigenvalue weighted by molar-refractivity contribution is -0.120. The molecule has 0 fully saturated rings. The Kier molecular flexibility index (Phi) is 8.00. The van der Waals surface area contributed by atoms with Gasteiger partial charge in [0.1, 0.15) is 5.82 Å². The third kappa shape index (κ3) is 5.71. The van der Waals surface area contributed by atoms with Crippen LogP contribution in [-0.2, 0) is 11.8 Å². The van der Waals surface area contributed by atoms with E-state index in [1.165, 1.54) is 11.8 Å². The maximum Gasteiger partial charge on any atom is 0.234 e. The van der Waals surface area contributed by atoms with E-state index in [-0.39, 0.29) is 23.1 Å². The van der Waals surface area contributed by atoms with Crippen LogP contribution >= 0.6 is 11.8 Å². The van der Waals surface area contributed by atoms with E-state index >= 15 is 0 Å². The highest BCUT2D eigenvalue weighted by Gasteiger charge is 2.26. The molecule has 0 aliphatic rings. The molecule has 0 radical (unpaired) electrons. The van der Waals surface area contributed by atoms with Crippen molar-refractivity contribution in [2.45, 2.75) is 29.3 Å². The lowest BCUT2D eigenvalue weighted by Gasteiger charge is -2.22. The van der Waals surface area contributed by atoms with Crippen molar-refractivity contribution < 1.29 is 4.79 Å². The lowest BCUT2D eigenvalue weighted by Crippen LogP contribution is -2.35. The zero-order valence-corrected chi connectivity index (χ0v) is 22.3. The van der Waals surface area contributed by atoms with Crippen LogP contribution in [0.5, 0.6) is 0 Å². The first-order chi connectivity index (χ1) is 18.6. The average molecular weight is 519 g/mol. The predicted octanol–water partition coefficient (Wildman–Crippen LogP) is 6.38. The number of aromatic nitrogens is 3. The quantitative estimate of drug-likeness (QED) is 0.230. The molecule has 6 heteroatoms. The van der Waals surface area contributed by atoms with Crippen molar-refractivity contribution in [2.75, 3.05) is 0 Å². The predicted molar refractivity (Wildman–Crippen MR) is 153 cm³/mol.